The van der Waals surface area contributed by atoms with E-state index in [1.54, 1.807) is 0 Å². The number of hydrogen-bond donors (Lipinski definition) is 2. The number of nitrogens with zero attached hydrogens (tertiary/aromatic N) is 1. The Kier molecular flexibility index (Phi) is 3.80. The number of carbonyl (C=O) groups excluding carboxylic acids is 1. The maximum Gasteiger partial charge on any atom is 0.271 e. The summed E-state index contributed by atoms with van der Waals surface area (Å²) < 4.78 is 1.39. The summed E-state index contributed by atoms with van der Waals surface area (Å²) in [6.07, 6.45) is 0.895. The van der Waals surface area contributed by atoms with Crippen LogP contribution in [0.15, 0.2) is 65.5 Å². The normalized spacial score (nSPS) is 21.4. The predicted molar refractivity (Wildman–Crippen MR) is 101 cm³/mol. The lowest BCUT2D eigenvalue weighted by Crippen LogP contribution is -2.30. The summed E-state index contributed by atoms with van der Waals surface area (Å²) >= 11 is 0. The summed E-state index contributed by atoms with van der Waals surface area (Å²) in [6, 6.07) is 19.2. The van der Waals surface area contributed by atoms with Crippen molar-refractivity contribution >= 4 is 5.91 Å². The fourth-order valence-electron chi connectivity index (χ4n) is 3.35. The van der Waals surface area contributed by atoms with Crippen LogP contribution in [-0.2, 0) is 5.41 Å². The van der Waals surface area contributed by atoms with Crippen molar-refractivity contribution in [2.75, 3.05) is 0 Å². The monoisotopic (exact) mass is 347 g/mol. The van der Waals surface area contributed by atoms with Gasteiger partial charge in [0.05, 0.1) is 5.69 Å². The molecule has 0 radical (unpaired) electrons. The van der Waals surface area contributed by atoms with E-state index in [1.165, 1.54) is 16.3 Å². The molecule has 5 heteroatoms. The van der Waals surface area contributed by atoms with Gasteiger partial charge in [0.2, 0.25) is 0 Å². The highest BCUT2D eigenvalue weighted by molar-refractivity contribution is 5.92. The maximum atomic E-state index is 12.6. The summed E-state index contributed by atoms with van der Waals surface area (Å²) in [6.45, 7) is 4.13. The van der Waals surface area contributed by atoms with E-state index in [0.717, 1.165) is 12.0 Å². The molecule has 0 saturated heterocycles. The first-order valence-corrected chi connectivity index (χ1v) is 8.73. The lowest BCUT2D eigenvalue weighted by molar-refractivity contribution is 0.0943. The van der Waals surface area contributed by atoms with Gasteiger partial charge in [0.25, 0.3) is 11.5 Å². The van der Waals surface area contributed by atoms with Gasteiger partial charge in [0, 0.05) is 17.5 Å². The van der Waals surface area contributed by atoms with E-state index >= 15 is 0 Å². The number of aromatic amines is 1. The number of H-pyrrole nitrogens is 1. The molecule has 1 fully saturated rings. The second-order valence-corrected chi connectivity index (χ2v) is 7.19. The minimum Gasteiger partial charge on any atom is -0.347 e. The summed E-state index contributed by atoms with van der Waals surface area (Å²) in [5, 5.41) is 5.95. The maximum absolute atomic E-state index is 12.6. The van der Waals surface area contributed by atoms with Crippen molar-refractivity contribution in [1.82, 2.24) is 15.1 Å². The first kappa shape index (κ1) is 16.4. The van der Waals surface area contributed by atoms with Gasteiger partial charge < -0.3 is 5.32 Å². The van der Waals surface area contributed by atoms with E-state index in [4.69, 9.17) is 0 Å². The van der Waals surface area contributed by atoms with Crippen LogP contribution < -0.4 is 10.9 Å². The first-order valence-electron chi connectivity index (χ1n) is 8.73. The molecule has 4 rings (SSSR count). The number of benzene rings is 2. The second-order valence-electron chi connectivity index (χ2n) is 7.19. The van der Waals surface area contributed by atoms with Crippen LogP contribution in [-0.4, -0.2) is 21.7 Å². The van der Waals surface area contributed by atoms with Crippen molar-refractivity contribution < 1.29 is 4.79 Å². The van der Waals surface area contributed by atoms with Crippen LogP contribution in [0, 0.1) is 6.92 Å². The molecule has 0 aliphatic heterocycles. The zero-order valence-electron chi connectivity index (χ0n) is 14.8. The number of hydrogen-bond acceptors (Lipinski definition) is 2. The number of amides is 1. The Bertz CT molecular complexity index is 1000. The van der Waals surface area contributed by atoms with Crippen LogP contribution in [0.4, 0.5) is 0 Å². The standard InChI is InChI=1S/C21H21N3O2/c1-14-8-10-16(11-9-14)24-19(25)12-17(23-24)20(26)22-18-13-21(18,2)15-6-4-3-5-7-15/h3-12,18,23H,13H2,1-2H3,(H,22,26)/t18-,21-/m0/s1. The first-order chi connectivity index (χ1) is 12.5. The van der Waals surface area contributed by atoms with E-state index in [2.05, 4.69) is 29.5 Å². The van der Waals surface area contributed by atoms with Gasteiger partial charge in [-0.25, -0.2) is 4.68 Å². The van der Waals surface area contributed by atoms with Gasteiger partial charge in [-0.1, -0.05) is 55.0 Å². The van der Waals surface area contributed by atoms with E-state index < -0.39 is 0 Å². The van der Waals surface area contributed by atoms with Crippen molar-refractivity contribution in [3.8, 4) is 5.69 Å². The molecule has 2 N–H and O–H groups in total. The summed E-state index contributed by atoms with van der Waals surface area (Å²) in [5.41, 5.74) is 3.02. The molecule has 26 heavy (non-hydrogen) atoms. The third kappa shape index (κ3) is 2.86. The molecule has 1 heterocycles. The molecule has 1 aliphatic rings. The summed E-state index contributed by atoms with van der Waals surface area (Å²) in [5.74, 6) is -0.252. The van der Waals surface area contributed by atoms with E-state index in [0.29, 0.717) is 5.69 Å². The molecule has 5 nitrogen and oxygen atoms in total. The van der Waals surface area contributed by atoms with Gasteiger partial charge in [-0.3, -0.25) is 14.7 Å². The molecular formula is C21H21N3O2. The minimum atomic E-state index is -0.252. The van der Waals surface area contributed by atoms with Crippen LogP contribution in [0.25, 0.3) is 5.69 Å². The third-order valence-corrected chi connectivity index (χ3v) is 5.23. The largest absolute Gasteiger partial charge is 0.347 e. The zero-order valence-corrected chi connectivity index (χ0v) is 14.8. The highest BCUT2D eigenvalue weighted by Crippen LogP contribution is 2.47. The van der Waals surface area contributed by atoms with Crippen LogP contribution in [0.2, 0.25) is 0 Å². The number of aromatic nitrogens is 2. The second kappa shape index (κ2) is 6.02. The van der Waals surface area contributed by atoms with Crippen LogP contribution in [0.1, 0.15) is 35.0 Å². The molecule has 0 bridgehead atoms. The van der Waals surface area contributed by atoms with Gasteiger partial charge in [-0.2, -0.15) is 0 Å². The van der Waals surface area contributed by atoms with Gasteiger partial charge in [0.15, 0.2) is 0 Å². The highest BCUT2D eigenvalue weighted by atomic mass is 16.2. The molecular weight excluding hydrogens is 326 g/mol. The van der Waals surface area contributed by atoms with E-state index in [9.17, 15) is 9.59 Å². The van der Waals surface area contributed by atoms with Gasteiger partial charge in [-0.15, -0.1) is 0 Å². The molecule has 1 amide bonds. The smallest absolute Gasteiger partial charge is 0.271 e. The summed E-state index contributed by atoms with van der Waals surface area (Å²) in [7, 11) is 0. The van der Waals surface area contributed by atoms with Crippen LogP contribution in [0.3, 0.4) is 0 Å². The molecule has 132 valence electrons. The highest BCUT2D eigenvalue weighted by Gasteiger charge is 2.52. The average Bonchev–Trinajstić information content (AvgIpc) is 3.13. The lowest BCUT2D eigenvalue weighted by atomic mass is 9.97. The molecule has 3 aromatic rings. The SMILES string of the molecule is Cc1ccc(-n2[nH]c(C(=O)N[C@H]3C[C@@]3(C)c3ccccc3)cc2=O)cc1. The Balaban J connectivity index is 1.51. The fourth-order valence-corrected chi connectivity index (χ4v) is 3.35. The van der Waals surface area contributed by atoms with E-state index in [1.807, 2.05) is 49.4 Å². The number of nitrogens with one attached hydrogen (secondary N) is 2. The molecule has 1 aromatic heterocycles. The number of rotatable bonds is 4. The number of aryl methyl sites for hydroxylation is 1. The van der Waals surface area contributed by atoms with Gasteiger partial charge in [0.1, 0.15) is 5.69 Å². The Hall–Kier alpha value is -3.08. The van der Waals surface area contributed by atoms with Crippen LogP contribution in [0.5, 0.6) is 0 Å². The predicted octanol–water partition coefficient (Wildman–Crippen LogP) is 2.93. The average molecular weight is 347 g/mol. The zero-order chi connectivity index (χ0) is 18.3. The van der Waals surface area contributed by atoms with Gasteiger partial charge >= 0.3 is 0 Å². The van der Waals surface area contributed by atoms with Crippen LogP contribution >= 0.6 is 0 Å². The van der Waals surface area contributed by atoms with Crippen molar-refractivity contribution in [3.63, 3.8) is 0 Å². The van der Waals surface area contributed by atoms with E-state index in [-0.39, 0.29) is 28.6 Å². The summed E-state index contributed by atoms with van der Waals surface area (Å²) in [4.78, 5) is 24.8. The lowest BCUT2D eigenvalue weighted by Gasteiger charge is -2.12. The third-order valence-electron chi connectivity index (χ3n) is 5.23. The molecule has 1 aliphatic carbocycles. The molecule has 0 spiro atoms. The van der Waals surface area contributed by atoms with Crippen molar-refractivity contribution in [2.24, 2.45) is 0 Å². The quantitative estimate of drug-likeness (QED) is 0.762. The molecule has 1 saturated carbocycles. The Labute approximate surface area is 151 Å². The molecule has 0 unspecified atom stereocenters. The Morgan fingerprint density at radius 3 is 2.54 bits per heavy atom. The number of carbonyl (C=O) groups is 1. The molecule has 2 aromatic carbocycles. The Morgan fingerprint density at radius 1 is 1.15 bits per heavy atom. The van der Waals surface area contributed by atoms with Crippen molar-refractivity contribution in [1.29, 1.82) is 0 Å². The fraction of sp³-hybridized carbons (Fsp3) is 0.238. The topological polar surface area (TPSA) is 66.9 Å². The van der Waals surface area contributed by atoms with Crippen molar-refractivity contribution in [3.05, 3.63) is 87.8 Å². The van der Waals surface area contributed by atoms with Crippen molar-refractivity contribution in [2.45, 2.75) is 31.7 Å². The Morgan fingerprint density at radius 2 is 1.85 bits per heavy atom. The molecule has 2 atom stereocenters. The van der Waals surface area contributed by atoms with Gasteiger partial charge in [-0.05, 0) is 31.0 Å². The minimum absolute atomic E-state index is 0.0449.